The van der Waals surface area contributed by atoms with Crippen LogP contribution in [0.3, 0.4) is 0 Å². The van der Waals surface area contributed by atoms with E-state index in [1.54, 1.807) is 0 Å². The molecule has 0 aliphatic rings. The maximum absolute atomic E-state index is 12.5. The Bertz CT molecular complexity index is 960. The fourth-order valence-corrected chi connectivity index (χ4v) is 3.43. The number of ether oxygens (including phenoxy) is 1. The maximum atomic E-state index is 12.5. The van der Waals surface area contributed by atoms with E-state index >= 15 is 0 Å². The van der Waals surface area contributed by atoms with E-state index in [4.69, 9.17) is 4.74 Å². The number of nitrogens with one attached hydrogen (secondary N) is 1. The summed E-state index contributed by atoms with van der Waals surface area (Å²) >= 11 is 3.10. The van der Waals surface area contributed by atoms with E-state index in [0.29, 0.717) is 4.47 Å². The molecule has 0 spiro atoms. The highest BCUT2D eigenvalue weighted by Gasteiger charge is 2.23. The van der Waals surface area contributed by atoms with Gasteiger partial charge in [-0.05, 0) is 30.3 Å². The number of carbonyl (C=O) groups is 1. The van der Waals surface area contributed by atoms with Gasteiger partial charge in [-0.2, -0.15) is 0 Å². The van der Waals surface area contributed by atoms with E-state index in [-0.39, 0.29) is 17.0 Å². The zero-order valence-corrected chi connectivity index (χ0v) is 15.0. The van der Waals surface area contributed by atoms with E-state index in [1.165, 1.54) is 25.3 Å². The van der Waals surface area contributed by atoms with Crippen molar-refractivity contribution in [1.82, 2.24) is 0 Å². The second kappa shape index (κ2) is 7.07. The predicted octanol–water partition coefficient (Wildman–Crippen LogP) is 2.86. The number of methoxy groups -OCH3 is 1. The summed E-state index contributed by atoms with van der Waals surface area (Å²) in [5, 5.41) is 20.2. The van der Waals surface area contributed by atoms with Crippen LogP contribution in [0, 0.1) is 10.1 Å². The summed E-state index contributed by atoms with van der Waals surface area (Å²) in [7, 11) is -3.03. The van der Waals surface area contributed by atoms with Crippen LogP contribution in [0.25, 0.3) is 0 Å². The lowest BCUT2D eigenvalue weighted by Crippen LogP contribution is -2.16. The van der Waals surface area contributed by atoms with E-state index in [0.717, 1.165) is 18.2 Å². The number of anilines is 1. The normalized spacial score (nSPS) is 11.0. The monoisotopic (exact) mass is 430 g/mol. The number of carboxylic acid groups (broad SMARTS) is 1. The van der Waals surface area contributed by atoms with Gasteiger partial charge in [-0.1, -0.05) is 15.9 Å². The Morgan fingerprint density at radius 3 is 2.52 bits per heavy atom. The molecule has 2 aromatic carbocycles. The van der Waals surface area contributed by atoms with Gasteiger partial charge in [0, 0.05) is 10.5 Å². The molecule has 0 unspecified atom stereocenters. The van der Waals surface area contributed by atoms with Crippen LogP contribution >= 0.6 is 15.9 Å². The molecule has 25 heavy (non-hydrogen) atoms. The SMILES string of the molecule is COc1ccc(S(=O)(=O)Nc2ccc(Br)cc2C(=O)O)cc1[N+](=O)[O-]. The minimum Gasteiger partial charge on any atom is -0.490 e. The molecule has 0 aliphatic carbocycles. The maximum Gasteiger partial charge on any atom is 0.337 e. The second-order valence-corrected chi connectivity index (χ2v) is 7.29. The van der Waals surface area contributed by atoms with Gasteiger partial charge in [0.25, 0.3) is 10.0 Å². The van der Waals surface area contributed by atoms with Crippen molar-refractivity contribution in [3.63, 3.8) is 0 Å². The number of halogens is 1. The van der Waals surface area contributed by atoms with Gasteiger partial charge in [0.1, 0.15) is 0 Å². The van der Waals surface area contributed by atoms with Gasteiger partial charge in [-0.3, -0.25) is 14.8 Å². The topological polar surface area (TPSA) is 136 Å². The molecule has 0 saturated heterocycles. The first kappa shape index (κ1) is 18.7. The third-order valence-electron chi connectivity index (χ3n) is 3.11. The summed E-state index contributed by atoms with van der Waals surface area (Å²) in [6, 6.07) is 7.06. The highest BCUT2D eigenvalue weighted by molar-refractivity contribution is 9.10. The summed E-state index contributed by atoms with van der Waals surface area (Å²) in [4.78, 5) is 21.1. The summed E-state index contributed by atoms with van der Waals surface area (Å²) in [5.41, 5.74) is -0.977. The van der Waals surface area contributed by atoms with Crippen molar-refractivity contribution in [3.05, 3.63) is 56.5 Å². The van der Waals surface area contributed by atoms with E-state index in [2.05, 4.69) is 20.7 Å². The summed E-state index contributed by atoms with van der Waals surface area (Å²) < 4.78 is 32.3. The molecule has 0 saturated carbocycles. The highest BCUT2D eigenvalue weighted by Crippen LogP contribution is 2.31. The van der Waals surface area contributed by atoms with Crippen LogP contribution in [0.2, 0.25) is 0 Å². The molecule has 0 bridgehead atoms. The molecule has 0 aromatic heterocycles. The van der Waals surface area contributed by atoms with Gasteiger partial charge in [-0.25, -0.2) is 13.2 Å². The molecule has 2 aromatic rings. The number of aromatic carboxylic acids is 1. The number of sulfonamides is 1. The quantitative estimate of drug-likeness (QED) is 0.530. The Hall–Kier alpha value is -2.66. The van der Waals surface area contributed by atoms with Crippen molar-refractivity contribution in [3.8, 4) is 5.75 Å². The smallest absolute Gasteiger partial charge is 0.337 e. The first-order valence-electron chi connectivity index (χ1n) is 6.54. The van der Waals surface area contributed by atoms with Crippen LogP contribution in [0.15, 0.2) is 45.8 Å². The van der Waals surface area contributed by atoms with Crippen LogP contribution in [0.5, 0.6) is 5.75 Å². The number of nitrogens with zero attached hydrogens (tertiary/aromatic N) is 1. The minimum atomic E-state index is -4.25. The zero-order chi connectivity index (χ0) is 18.8. The minimum absolute atomic E-state index is 0.0983. The van der Waals surface area contributed by atoms with E-state index in [1.807, 2.05) is 0 Å². The number of hydrogen-bond donors (Lipinski definition) is 2. The molecule has 0 fully saturated rings. The number of hydrogen-bond acceptors (Lipinski definition) is 6. The number of benzene rings is 2. The van der Waals surface area contributed by atoms with Gasteiger partial charge in [0.05, 0.1) is 28.2 Å². The van der Waals surface area contributed by atoms with Crippen LogP contribution < -0.4 is 9.46 Å². The Morgan fingerprint density at radius 1 is 1.28 bits per heavy atom. The molecule has 0 heterocycles. The Kier molecular flexibility index (Phi) is 5.28. The number of nitro benzene ring substituents is 1. The molecule has 11 heteroatoms. The number of nitro groups is 1. The van der Waals surface area contributed by atoms with Crippen molar-refractivity contribution in [2.45, 2.75) is 4.90 Å². The van der Waals surface area contributed by atoms with Crippen LogP contribution in [0.1, 0.15) is 10.4 Å². The highest BCUT2D eigenvalue weighted by atomic mass is 79.9. The van der Waals surface area contributed by atoms with Gasteiger partial charge < -0.3 is 9.84 Å². The molecule has 0 radical (unpaired) electrons. The number of rotatable bonds is 6. The predicted molar refractivity (Wildman–Crippen MR) is 91.6 cm³/mol. The Balaban J connectivity index is 2.49. The van der Waals surface area contributed by atoms with Crippen LogP contribution in [0.4, 0.5) is 11.4 Å². The Labute approximate surface area is 150 Å². The summed E-state index contributed by atoms with van der Waals surface area (Å²) in [6.45, 7) is 0. The molecule has 0 aliphatic heterocycles. The molecule has 0 amide bonds. The van der Waals surface area contributed by atoms with Gasteiger partial charge >= 0.3 is 11.7 Å². The third kappa shape index (κ3) is 4.06. The van der Waals surface area contributed by atoms with E-state index < -0.39 is 31.5 Å². The lowest BCUT2D eigenvalue weighted by Gasteiger charge is -2.11. The fraction of sp³-hybridized carbons (Fsp3) is 0.0714. The average Bonchev–Trinajstić information content (AvgIpc) is 2.55. The van der Waals surface area contributed by atoms with Crippen molar-refractivity contribution in [2.75, 3.05) is 11.8 Å². The molecule has 2 rings (SSSR count). The molecular weight excluding hydrogens is 420 g/mol. The average molecular weight is 431 g/mol. The lowest BCUT2D eigenvalue weighted by molar-refractivity contribution is -0.386. The molecule has 132 valence electrons. The van der Waals surface area contributed by atoms with Crippen LogP contribution in [-0.4, -0.2) is 31.5 Å². The fourth-order valence-electron chi connectivity index (χ4n) is 1.97. The summed E-state index contributed by atoms with van der Waals surface area (Å²) in [6.07, 6.45) is 0. The van der Waals surface area contributed by atoms with Crippen molar-refractivity contribution in [2.24, 2.45) is 0 Å². The van der Waals surface area contributed by atoms with Gasteiger partial charge in [0.15, 0.2) is 5.75 Å². The van der Waals surface area contributed by atoms with Crippen molar-refractivity contribution < 1.29 is 28.0 Å². The van der Waals surface area contributed by atoms with Gasteiger partial charge in [-0.15, -0.1) is 0 Å². The number of carboxylic acids is 1. The van der Waals surface area contributed by atoms with Crippen molar-refractivity contribution in [1.29, 1.82) is 0 Å². The molecular formula is C14H11BrN2O7S. The van der Waals surface area contributed by atoms with Crippen LogP contribution in [-0.2, 0) is 10.0 Å². The van der Waals surface area contributed by atoms with E-state index in [9.17, 15) is 28.4 Å². The lowest BCUT2D eigenvalue weighted by atomic mass is 10.2. The summed E-state index contributed by atoms with van der Waals surface area (Å²) in [5.74, 6) is -1.43. The standard InChI is InChI=1S/C14H11BrN2O7S/c1-24-13-5-3-9(7-12(13)17(20)21)25(22,23)16-11-4-2-8(15)6-10(11)14(18)19/h2-7,16H,1H3,(H,18,19). The largest absolute Gasteiger partial charge is 0.490 e. The van der Waals surface area contributed by atoms with Crippen molar-refractivity contribution >= 4 is 43.3 Å². The Morgan fingerprint density at radius 2 is 1.96 bits per heavy atom. The van der Waals surface area contributed by atoms with Gasteiger partial charge in [0.2, 0.25) is 0 Å². The zero-order valence-electron chi connectivity index (χ0n) is 12.6. The molecule has 9 nitrogen and oxygen atoms in total. The first-order valence-corrected chi connectivity index (χ1v) is 8.81. The first-order chi connectivity index (χ1) is 11.7. The molecule has 2 N–H and O–H groups in total. The second-order valence-electron chi connectivity index (χ2n) is 4.69. The third-order valence-corrected chi connectivity index (χ3v) is 4.97. The molecule has 0 atom stereocenters.